The number of pyridine rings is 1. The normalized spacial score (nSPS) is 13.3. The first-order valence-electron chi connectivity index (χ1n) is 10.9. The first-order chi connectivity index (χ1) is 16.1. The Bertz CT molecular complexity index is 1310. The van der Waals surface area contributed by atoms with Crippen LogP contribution in [0, 0.1) is 12.8 Å². The maximum Gasteiger partial charge on any atom is 0.233 e. The van der Waals surface area contributed by atoms with Crippen molar-refractivity contribution in [3.05, 3.63) is 70.6 Å². The Balaban J connectivity index is 1.59. The van der Waals surface area contributed by atoms with Crippen molar-refractivity contribution >= 4 is 39.1 Å². The summed E-state index contributed by atoms with van der Waals surface area (Å²) in [5.74, 6) is 0.726. The number of anilines is 1. The number of aromatic nitrogens is 3. The van der Waals surface area contributed by atoms with Crippen molar-refractivity contribution in [1.82, 2.24) is 15.0 Å². The number of benzene rings is 1. The van der Waals surface area contributed by atoms with Crippen LogP contribution in [0.25, 0.3) is 10.9 Å². The number of H-pyrrole nitrogens is 1. The first kappa shape index (κ1) is 21.3. The molecule has 1 fully saturated rings. The number of carbonyl (C=O) groups is 2. The summed E-state index contributed by atoms with van der Waals surface area (Å²) < 4.78 is 5.57. The number of thiazole rings is 1. The minimum atomic E-state index is -0.236. The molecule has 0 spiro atoms. The van der Waals surface area contributed by atoms with E-state index >= 15 is 0 Å². The summed E-state index contributed by atoms with van der Waals surface area (Å²) in [6.07, 6.45) is 5.76. The average Bonchev–Trinajstić information content (AvgIpc) is 3.39. The van der Waals surface area contributed by atoms with Gasteiger partial charge in [0.15, 0.2) is 5.13 Å². The number of carbonyl (C=O) groups excluding carboxylic acids is 2. The molecule has 168 valence electrons. The third-order valence-electron chi connectivity index (χ3n) is 6.01. The van der Waals surface area contributed by atoms with E-state index < -0.39 is 0 Å². The number of nitrogens with zero attached hydrogens (tertiary/aromatic N) is 3. The summed E-state index contributed by atoms with van der Waals surface area (Å²) in [4.78, 5) is 40.8. The molecule has 5 rings (SSSR count). The third kappa shape index (κ3) is 4.14. The molecule has 1 amide bonds. The Kier molecular flexibility index (Phi) is 5.68. The second-order valence-corrected chi connectivity index (χ2v) is 9.15. The SMILES string of the molecule is COc1ccc2[nH]c(C)c(CC(=O)N(CC3CC3)c3nccs3)c2c1C(=O)c1ccccn1. The summed E-state index contributed by atoms with van der Waals surface area (Å²) in [5, 5.41) is 3.31. The maximum atomic E-state index is 13.5. The number of aromatic amines is 1. The monoisotopic (exact) mass is 460 g/mol. The van der Waals surface area contributed by atoms with Gasteiger partial charge in [-0.15, -0.1) is 11.3 Å². The van der Waals surface area contributed by atoms with Crippen LogP contribution >= 0.6 is 11.3 Å². The Labute approximate surface area is 195 Å². The van der Waals surface area contributed by atoms with Crippen LogP contribution in [0.3, 0.4) is 0 Å². The van der Waals surface area contributed by atoms with Gasteiger partial charge in [-0.25, -0.2) is 4.98 Å². The van der Waals surface area contributed by atoms with E-state index in [-0.39, 0.29) is 18.1 Å². The summed E-state index contributed by atoms with van der Waals surface area (Å²) in [6.45, 7) is 2.61. The molecule has 1 aliphatic rings. The molecular formula is C25H24N4O3S. The number of methoxy groups -OCH3 is 1. The predicted octanol–water partition coefficient (Wildman–Crippen LogP) is 4.55. The molecule has 1 aromatic carbocycles. The molecule has 8 heteroatoms. The molecule has 1 N–H and O–H groups in total. The lowest BCUT2D eigenvalue weighted by molar-refractivity contribution is -0.118. The molecule has 0 saturated heterocycles. The van der Waals surface area contributed by atoms with E-state index in [4.69, 9.17) is 4.74 Å². The summed E-state index contributed by atoms with van der Waals surface area (Å²) >= 11 is 1.46. The van der Waals surface area contributed by atoms with Crippen LogP contribution in [-0.4, -0.2) is 40.3 Å². The van der Waals surface area contributed by atoms with E-state index in [0.717, 1.165) is 29.6 Å². The predicted molar refractivity (Wildman–Crippen MR) is 128 cm³/mol. The van der Waals surface area contributed by atoms with Gasteiger partial charge in [0.2, 0.25) is 11.7 Å². The molecule has 0 aliphatic heterocycles. The van der Waals surface area contributed by atoms with Crippen LogP contribution < -0.4 is 9.64 Å². The third-order valence-corrected chi connectivity index (χ3v) is 6.80. The van der Waals surface area contributed by atoms with Gasteiger partial charge >= 0.3 is 0 Å². The molecular weight excluding hydrogens is 436 g/mol. The second-order valence-electron chi connectivity index (χ2n) is 8.28. The molecule has 1 aliphatic carbocycles. The molecule has 7 nitrogen and oxygen atoms in total. The highest BCUT2D eigenvalue weighted by atomic mass is 32.1. The van der Waals surface area contributed by atoms with Gasteiger partial charge in [0, 0.05) is 40.9 Å². The molecule has 0 atom stereocenters. The Hall–Kier alpha value is -3.52. The highest BCUT2D eigenvalue weighted by molar-refractivity contribution is 7.13. The molecule has 3 heterocycles. The smallest absolute Gasteiger partial charge is 0.233 e. The molecule has 4 aromatic rings. The lowest BCUT2D eigenvalue weighted by atomic mass is 9.96. The number of aryl methyl sites for hydroxylation is 1. The van der Waals surface area contributed by atoms with E-state index in [9.17, 15) is 9.59 Å². The highest BCUT2D eigenvalue weighted by Crippen LogP contribution is 2.36. The summed E-state index contributed by atoms with van der Waals surface area (Å²) in [6, 6.07) is 8.89. The second kappa shape index (κ2) is 8.78. The van der Waals surface area contributed by atoms with Crippen molar-refractivity contribution in [3.8, 4) is 5.75 Å². The van der Waals surface area contributed by atoms with Crippen molar-refractivity contribution in [1.29, 1.82) is 0 Å². The minimum absolute atomic E-state index is 0.0279. The van der Waals surface area contributed by atoms with Gasteiger partial charge < -0.3 is 9.72 Å². The number of ether oxygens (including phenoxy) is 1. The van der Waals surface area contributed by atoms with Crippen LogP contribution in [0.1, 0.15) is 40.2 Å². The van der Waals surface area contributed by atoms with Crippen LogP contribution in [0.4, 0.5) is 5.13 Å². The lowest BCUT2D eigenvalue weighted by Gasteiger charge is -2.20. The van der Waals surface area contributed by atoms with Gasteiger partial charge in [0.1, 0.15) is 11.4 Å². The molecule has 0 bridgehead atoms. The van der Waals surface area contributed by atoms with E-state index in [1.165, 1.54) is 11.3 Å². The van der Waals surface area contributed by atoms with Crippen molar-refractivity contribution < 1.29 is 14.3 Å². The van der Waals surface area contributed by atoms with Crippen LogP contribution in [0.2, 0.25) is 0 Å². The molecule has 0 unspecified atom stereocenters. The van der Waals surface area contributed by atoms with Crippen LogP contribution in [0.15, 0.2) is 48.1 Å². The number of ketones is 1. The summed E-state index contributed by atoms with van der Waals surface area (Å²) in [5.41, 5.74) is 3.19. The number of hydrogen-bond acceptors (Lipinski definition) is 6. The van der Waals surface area contributed by atoms with E-state index in [2.05, 4.69) is 15.0 Å². The largest absolute Gasteiger partial charge is 0.496 e. The zero-order chi connectivity index (χ0) is 22.9. The fourth-order valence-electron chi connectivity index (χ4n) is 4.15. The van der Waals surface area contributed by atoms with Gasteiger partial charge in [0.05, 0.1) is 19.1 Å². The fraction of sp³-hybridized carbons (Fsp3) is 0.280. The number of fused-ring (bicyclic) bond motifs is 1. The first-order valence-corrected chi connectivity index (χ1v) is 11.8. The van der Waals surface area contributed by atoms with Crippen molar-refractivity contribution in [2.24, 2.45) is 5.92 Å². The zero-order valence-electron chi connectivity index (χ0n) is 18.5. The zero-order valence-corrected chi connectivity index (χ0v) is 19.3. The Morgan fingerprint density at radius 1 is 1.18 bits per heavy atom. The number of hydrogen-bond donors (Lipinski definition) is 1. The topological polar surface area (TPSA) is 88.2 Å². The Morgan fingerprint density at radius 2 is 2.03 bits per heavy atom. The Morgan fingerprint density at radius 3 is 2.70 bits per heavy atom. The maximum absolute atomic E-state index is 13.5. The van der Waals surface area contributed by atoms with E-state index in [1.807, 2.05) is 18.4 Å². The fourth-order valence-corrected chi connectivity index (χ4v) is 4.82. The lowest BCUT2D eigenvalue weighted by Crippen LogP contribution is -2.34. The number of nitrogens with one attached hydrogen (secondary N) is 1. The van der Waals surface area contributed by atoms with Gasteiger partial charge in [0.25, 0.3) is 0 Å². The summed E-state index contributed by atoms with van der Waals surface area (Å²) in [7, 11) is 1.54. The van der Waals surface area contributed by atoms with Gasteiger partial charge in [-0.3, -0.25) is 19.5 Å². The number of rotatable bonds is 8. The van der Waals surface area contributed by atoms with Gasteiger partial charge in [-0.05, 0) is 55.5 Å². The van der Waals surface area contributed by atoms with Crippen LogP contribution in [0.5, 0.6) is 5.75 Å². The van der Waals surface area contributed by atoms with Crippen LogP contribution in [-0.2, 0) is 11.2 Å². The quantitative estimate of drug-likeness (QED) is 0.390. The van der Waals surface area contributed by atoms with Crippen molar-refractivity contribution in [3.63, 3.8) is 0 Å². The molecule has 1 saturated carbocycles. The van der Waals surface area contributed by atoms with E-state index in [0.29, 0.717) is 40.0 Å². The molecule has 3 aromatic heterocycles. The minimum Gasteiger partial charge on any atom is -0.496 e. The van der Waals surface area contributed by atoms with E-state index in [1.54, 1.807) is 48.7 Å². The van der Waals surface area contributed by atoms with Crippen molar-refractivity contribution in [2.75, 3.05) is 18.6 Å². The average molecular weight is 461 g/mol. The van der Waals surface area contributed by atoms with Gasteiger partial charge in [-0.1, -0.05) is 6.07 Å². The highest BCUT2D eigenvalue weighted by Gasteiger charge is 2.30. The standard InChI is InChI=1S/C25H24N4O3S/c1-15-17(13-21(30)29(14-16-6-7-16)25-27-11-12-33-25)22-18(28-15)8-9-20(32-2)23(22)24(31)19-5-3-4-10-26-19/h3-5,8-12,16,28H,6-7,13-14H2,1-2H3. The van der Waals surface area contributed by atoms with Crippen molar-refractivity contribution in [2.45, 2.75) is 26.2 Å². The molecule has 33 heavy (non-hydrogen) atoms. The molecule has 0 radical (unpaired) electrons. The van der Waals surface area contributed by atoms with Gasteiger partial charge in [-0.2, -0.15) is 0 Å². The number of amides is 1.